The molecule has 0 saturated carbocycles. The van der Waals surface area contributed by atoms with E-state index in [2.05, 4.69) is 11.3 Å². The van der Waals surface area contributed by atoms with E-state index >= 15 is 0 Å². The second-order valence-electron chi connectivity index (χ2n) is 3.19. The lowest BCUT2D eigenvalue weighted by atomic mass is 10.0. The van der Waals surface area contributed by atoms with Crippen LogP contribution >= 0.6 is 0 Å². The molecule has 0 radical (unpaired) electrons. The zero-order chi connectivity index (χ0) is 11.8. The van der Waals surface area contributed by atoms with Gasteiger partial charge in [-0.1, -0.05) is 30.9 Å². The lowest BCUT2D eigenvalue weighted by Gasteiger charge is -2.12. The predicted molar refractivity (Wildman–Crippen MR) is 58.5 cm³/mol. The normalized spacial score (nSPS) is 17.9. The van der Waals surface area contributed by atoms with Gasteiger partial charge in [-0.25, -0.2) is 4.79 Å². The molecule has 0 aliphatic heterocycles. The highest BCUT2D eigenvalue weighted by molar-refractivity contribution is 5.81. The summed E-state index contributed by atoms with van der Waals surface area (Å²) in [5, 5.41) is 0. The Labute approximate surface area is 94.2 Å². The lowest BCUT2D eigenvalue weighted by molar-refractivity contribution is -0.151. The number of esters is 2. The van der Waals surface area contributed by atoms with Gasteiger partial charge < -0.3 is 9.47 Å². The standard InChI is InChI=1S/C12H14O4/c1-2-11(13)15-8-9-16-12(14)10-6-4-3-5-7-10/h2-6,10H,1,7-9H2. The quantitative estimate of drug-likeness (QED) is 0.401. The molecule has 1 unspecified atom stereocenters. The Morgan fingerprint density at radius 1 is 1.31 bits per heavy atom. The summed E-state index contributed by atoms with van der Waals surface area (Å²) in [5.41, 5.74) is 0. The van der Waals surface area contributed by atoms with E-state index in [0.29, 0.717) is 6.42 Å². The Balaban J connectivity index is 2.15. The topological polar surface area (TPSA) is 52.6 Å². The fraction of sp³-hybridized carbons (Fsp3) is 0.333. The van der Waals surface area contributed by atoms with Gasteiger partial charge in [0.05, 0.1) is 5.92 Å². The lowest BCUT2D eigenvalue weighted by Crippen LogP contribution is -2.19. The molecule has 0 N–H and O–H groups in total. The molecule has 0 fully saturated rings. The Kier molecular flexibility index (Phi) is 5.05. The van der Waals surface area contributed by atoms with Gasteiger partial charge in [0.25, 0.3) is 0 Å². The van der Waals surface area contributed by atoms with Crippen LogP contribution in [0.5, 0.6) is 0 Å². The van der Waals surface area contributed by atoms with Crippen molar-refractivity contribution in [1.82, 2.24) is 0 Å². The van der Waals surface area contributed by atoms with Crippen LogP contribution in [0.25, 0.3) is 0 Å². The molecule has 4 nitrogen and oxygen atoms in total. The van der Waals surface area contributed by atoms with Crippen LogP contribution in [-0.2, 0) is 19.1 Å². The van der Waals surface area contributed by atoms with Crippen molar-refractivity contribution in [3.63, 3.8) is 0 Å². The molecule has 0 aromatic rings. The summed E-state index contributed by atoms with van der Waals surface area (Å²) in [6, 6.07) is 0. The third-order valence-electron chi connectivity index (χ3n) is 2.02. The minimum atomic E-state index is -0.517. The summed E-state index contributed by atoms with van der Waals surface area (Å²) in [6.07, 6.45) is 9.11. The molecule has 0 aromatic heterocycles. The maximum absolute atomic E-state index is 11.4. The monoisotopic (exact) mass is 222 g/mol. The van der Waals surface area contributed by atoms with E-state index in [9.17, 15) is 9.59 Å². The molecular weight excluding hydrogens is 208 g/mol. The van der Waals surface area contributed by atoms with Gasteiger partial charge in [0.15, 0.2) is 0 Å². The molecule has 0 bridgehead atoms. The average molecular weight is 222 g/mol. The van der Waals surface area contributed by atoms with Crippen LogP contribution in [0.1, 0.15) is 6.42 Å². The van der Waals surface area contributed by atoms with E-state index < -0.39 is 5.97 Å². The summed E-state index contributed by atoms with van der Waals surface area (Å²) in [7, 11) is 0. The van der Waals surface area contributed by atoms with Crippen LogP contribution in [-0.4, -0.2) is 25.2 Å². The van der Waals surface area contributed by atoms with Crippen LogP contribution in [0.2, 0.25) is 0 Å². The number of hydrogen-bond donors (Lipinski definition) is 0. The van der Waals surface area contributed by atoms with Gasteiger partial charge in [-0.05, 0) is 6.42 Å². The van der Waals surface area contributed by atoms with Gasteiger partial charge in [0.2, 0.25) is 0 Å². The molecule has 1 aliphatic carbocycles. The smallest absolute Gasteiger partial charge is 0.330 e. The van der Waals surface area contributed by atoms with E-state index in [4.69, 9.17) is 4.74 Å². The summed E-state index contributed by atoms with van der Waals surface area (Å²) in [4.78, 5) is 22.1. The van der Waals surface area contributed by atoms with Crippen molar-refractivity contribution >= 4 is 11.9 Å². The number of rotatable bonds is 5. The Morgan fingerprint density at radius 3 is 2.69 bits per heavy atom. The molecule has 0 heterocycles. The second kappa shape index (κ2) is 6.61. The number of carbonyl (C=O) groups is 2. The molecule has 1 aliphatic rings. The number of carbonyl (C=O) groups excluding carboxylic acids is 2. The highest BCUT2D eigenvalue weighted by atomic mass is 16.6. The largest absolute Gasteiger partial charge is 0.462 e. The molecule has 86 valence electrons. The first-order chi connectivity index (χ1) is 7.74. The fourth-order valence-corrected chi connectivity index (χ4v) is 1.21. The first-order valence-electron chi connectivity index (χ1n) is 5.03. The van der Waals surface area contributed by atoms with Crippen LogP contribution in [0.4, 0.5) is 0 Å². The number of hydrogen-bond acceptors (Lipinski definition) is 4. The van der Waals surface area contributed by atoms with Crippen molar-refractivity contribution in [3.8, 4) is 0 Å². The Hall–Kier alpha value is -1.84. The maximum atomic E-state index is 11.4. The third-order valence-corrected chi connectivity index (χ3v) is 2.02. The van der Waals surface area contributed by atoms with Gasteiger partial charge in [-0.2, -0.15) is 0 Å². The summed E-state index contributed by atoms with van der Waals surface area (Å²) < 4.78 is 9.60. The molecule has 1 rings (SSSR count). The molecule has 0 spiro atoms. The van der Waals surface area contributed by atoms with E-state index in [1.165, 1.54) is 0 Å². The van der Waals surface area contributed by atoms with Gasteiger partial charge in [0.1, 0.15) is 13.2 Å². The van der Waals surface area contributed by atoms with Crippen LogP contribution < -0.4 is 0 Å². The average Bonchev–Trinajstić information content (AvgIpc) is 2.35. The fourth-order valence-electron chi connectivity index (χ4n) is 1.21. The van der Waals surface area contributed by atoms with Gasteiger partial charge in [-0.15, -0.1) is 0 Å². The third kappa shape index (κ3) is 4.13. The van der Waals surface area contributed by atoms with Crippen molar-refractivity contribution < 1.29 is 19.1 Å². The van der Waals surface area contributed by atoms with E-state index in [1.54, 1.807) is 6.08 Å². The van der Waals surface area contributed by atoms with E-state index in [1.807, 2.05) is 18.2 Å². The summed E-state index contributed by atoms with van der Waals surface area (Å²) in [6.45, 7) is 3.38. The van der Waals surface area contributed by atoms with Gasteiger partial charge in [-0.3, -0.25) is 4.79 Å². The van der Waals surface area contributed by atoms with Crippen molar-refractivity contribution in [1.29, 1.82) is 0 Å². The van der Waals surface area contributed by atoms with Crippen LogP contribution in [0.3, 0.4) is 0 Å². The minimum Gasteiger partial charge on any atom is -0.462 e. The van der Waals surface area contributed by atoms with Gasteiger partial charge >= 0.3 is 11.9 Å². The number of allylic oxidation sites excluding steroid dienone is 3. The van der Waals surface area contributed by atoms with Crippen molar-refractivity contribution in [2.75, 3.05) is 13.2 Å². The zero-order valence-corrected chi connectivity index (χ0v) is 8.93. The first kappa shape index (κ1) is 12.2. The van der Waals surface area contributed by atoms with Crippen molar-refractivity contribution in [2.45, 2.75) is 6.42 Å². The number of ether oxygens (including phenoxy) is 2. The Bertz CT molecular complexity index is 328. The summed E-state index contributed by atoms with van der Waals surface area (Å²) >= 11 is 0. The molecule has 0 amide bonds. The SMILES string of the molecule is C=CC(=O)OCCOC(=O)C1C=CC=CC1. The van der Waals surface area contributed by atoms with E-state index in [-0.39, 0.29) is 25.1 Å². The molecule has 0 aromatic carbocycles. The molecule has 4 heteroatoms. The molecular formula is C12H14O4. The maximum Gasteiger partial charge on any atom is 0.330 e. The van der Waals surface area contributed by atoms with Crippen molar-refractivity contribution in [2.24, 2.45) is 5.92 Å². The highest BCUT2D eigenvalue weighted by Crippen LogP contribution is 2.12. The molecule has 1 atom stereocenters. The van der Waals surface area contributed by atoms with Crippen LogP contribution in [0.15, 0.2) is 37.0 Å². The first-order valence-corrected chi connectivity index (χ1v) is 5.03. The molecule has 0 saturated heterocycles. The highest BCUT2D eigenvalue weighted by Gasteiger charge is 2.16. The summed E-state index contributed by atoms with van der Waals surface area (Å²) in [5.74, 6) is -1.04. The van der Waals surface area contributed by atoms with Gasteiger partial charge in [0, 0.05) is 6.08 Å². The Morgan fingerprint density at radius 2 is 2.06 bits per heavy atom. The second-order valence-corrected chi connectivity index (χ2v) is 3.19. The minimum absolute atomic E-state index is 0.0584. The van der Waals surface area contributed by atoms with Crippen molar-refractivity contribution in [3.05, 3.63) is 37.0 Å². The molecule has 16 heavy (non-hydrogen) atoms. The van der Waals surface area contributed by atoms with E-state index in [0.717, 1.165) is 6.08 Å². The zero-order valence-electron chi connectivity index (χ0n) is 8.93. The van der Waals surface area contributed by atoms with Crippen LogP contribution in [0, 0.1) is 5.92 Å². The predicted octanol–water partition coefficient (Wildman–Crippen LogP) is 1.39.